The van der Waals surface area contributed by atoms with Gasteiger partial charge in [-0.3, -0.25) is 4.40 Å². The minimum atomic E-state index is 0.312. The van der Waals surface area contributed by atoms with E-state index < -0.39 is 0 Å². The van der Waals surface area contributed by atoms with Crippen molar-refractivity contribution in [2.24, 2.45) is 0 Å². The van der Waals surface area contributed by atoms with E-state index in [9.17, 15) is 0 Å². The van der Waals surface area contributed by atoms with Crippen LogP contribution in [0.15, 0.2) is 6.07 Å². The topological polar surface area (TPSA) is 64.3 Å². The van der Waals surface area contributed by atoms with E-state index in [1.165, 1.54) is 0 Å². The van der Waals surface area contributed by atoms with E-state index in [1.807, 2.05) is 24.3 Å². The Morgan fingerprint density at radius 1 is 1.44 bits per heavy atom. The van der Waals surface area contributed by atoms with E-state index in [2.05, 4.69) is 20.5 Å². The van der Waals surface area contributed by atoms with Crippen molar-refractivity contribution < 1.29 is 4.74 Å². The van der Waals surface area contributed by atoms with Gasteiger partial charge in [-0.05, 0) is 13.8 Å². The first kappa shape index (κ1) is 11.6. The monoisotopic (exact) mass is 247 g/mol. The Morgan fingerprint density at radius 2 is 2.33 bits per heavy atom. The van der Waals surface area contributed by atoms with Gasteiger partial charge in [0, 0.05) is 30.8 Å². The second-order valence-electron chi connectivity index (χ2n) is 4.68. The number of morpholine rings is 1. The van der Waals surface area contributed by atoms with Gasteiger partial charge in [-0.2, -0.15) is 0 Å². The van der Waals surface area contributed by atoms with E-state index in [4.69, 9.17) is 4.74 Å². The number of fused-ring (bicyclic) bond motifs is 1. The molecule has 1 unspecified atom stereocenters. The van der Waals surface area contributed by atoms with Crippen LogP contribution in [0.4, 0.5) is 0 Å². The van der Waals surface area contributed by atoms with E-state index in [0.717, 1.165) is 49.2 Å². The Morgan fingerprint density at radius 3 is 3.11 bits per heavy atom. The Labute approximate surface area is 105 Å². The molecule has 2 aromatic heterocycles. The van der Waals surface area contributed by atoms with Gasteiger partial charge in [0.05, 0.1) is 13.2 Å². The summed E-state index contributed by atoms with van der Waals surface area (Å²) in [6, 6.07) is 2.26. The first-order valence-electron chi connectivity index (χ1n) is 6.23. The summed E-state index contributed by atoms with van der Waals surface area (Å²) in [6.07, 6.45) is 0.812. The molecule has 3 heterocycles. The lowest BCUT2D eigenvalue weighted by atomic mass is 10.2. The highest BCUT2D eigenvalue weighted by Crippen LogP contribution is 2.10. The molecule has 18 heavy (non-hydrogen) atoms. The highest BCUT2D eigenvalue weighted by atomic mass is 16.5. The van der Waals surface area contributed by atoms with Crippen molar-refractivity contribution in [1.29, 1.82) is 0 Å². The largest absolute Gasteiger partial charge is 0.379 e. The Hall–Kier alpha value is -1.53. The molecule has 0 saturated carbocycles. The lowest BCUT2D eigenvalue weighted by Crippen LogP contribution is -2.42. The van der Waals surface area contributed by atoms with Crippen LogP contribution < -0.4 is 5.32 Å². The van der Waals surface area contributed by atoms with E-state index in [0.29, 0.717) is 6.04 Å². The zero-order chi connectivity index (χ0) is 12.5. The van der Waals surface area contributed by atoms with Gasteiger partial charge >= 0.3 is 0 Å². The molecular formula is C12H17N5O. The van der Waals surface area contributed by atoms with E-state index in [1.54, 1.807) is 0 Å². The molecule has 0 amide bonds. The highest BCUT2D eigenvalue weighted by molar-refractivity contribution is 5.39. The summed E-state index contributed by atoms with van der Waals surface area (Å²) in [6.45, 7) is 6.37. The predicted octanol–water partition coefficient (Wildman–Crippen LogP) is 0.272. The average molecular weight is 247 g/mol. The van der Waals surface area contributed by atoms with Crippen molar-refractivity contribution in [1.82, 2.24) is 24.9 Å². The number of nitrogens with zero attached hydrogens (tertiary/aromatic N) is 4. The molecule has 0 bridgehead atoms. The maximum absolute atomic E-state index is 5.46. The molecular weight excluding hydrogens is 230 g/mol. The molecule has 1 fully saturated rings. The van der Waals surface area contributed by atoms with Crippen LogP contribution in [-0.4, -0.2) is 45.4 Å². The number of rotatable bonds is 2. The summed E-state index contributed by atoms with van der Waals surface area (Å²) in [5.41, 5.74) is 1.84. The number of aromatic nitrogens is 4. The summed E-state index contributed by atoms with van der Waals surface area (Å²) in [5, 5.41) is 11.9. The summed E-state index contributed by atoms with van der Waals surface area (Å²) >= 11 is 0. The molecule has 1 atom stereocenters. The predicted molar refractivity (Wildman–Crippen MR) is 66.6 cm³/mol. The van der Waals surface area contributed by atoms with Crippen molar-refractivity contribution in [3.63, 3.8) is 0 Å². The van der Waals surface area contributed by atoms with Crippen molar-refractivity contribution in [3.05, 3.63) is 23.4 Å². The van der Waals surface area contributed by atoms with Crippen molar-refractivity contribution in [2.45, 2.75) is 26.3 Å². The van der Waals surface area contributed by atoms with Crippen LogP contribution >= 0.6 is 0 Å². The standard InChI is InChI=1S/C12H17N5O/c1-8-5-11-15-16-12(17(11)9(2)14-8)6-10-7-18-4-3-13-10/h5,10,13H,3-4,6-7H2,1-2H3. The molecule has 0 aliphatic carbocycles. The molecule has 96 valence electrons. The van der Waals surface area contributed by atoms with Crippen LogP contribution in [0.25, 0.3) is 5.65 Å². The van der Waals surface area contributed by atoms with Crippen molar-refractivity contribution in [3.8, 4) is 0 Å². The summed E-state index contributed by atoms with van der Waals surface area (Å²) in [4.78, 5) is 4.46. The Kier molecular flexibility index (Phi) is 2.97. The number of aryl methyl sites for hydroxylation is 2. The fourth-order valence-corrected chi connectivity index (χ4v) is 2.40. The molecule has 2 aromatic rings. The van der Waals surface area contributed by atoms with E-state index >= 15 is 0 Å². The molecule has 1 aliphatic rings. The van der Waals surface area contributed by atoms with Crippen molar-refractivity contribution in [2.75, 3.05) is 19.8 Å². The molecule has 1 aliphatic heterocycles. The Bertz CT molecular complexity index is 559. The summed E-state index contributed by atoms with van der Waals surface area (Å²) < 4.78 is 7.47. The number of nitrogens with one attached hydrogen (secondary N) is 1. The van der Waals surface area contributed by atoms with E-state index in [-0.39, 0.29) is 0 Å². The van der Waals surface area contributed by atoms with Crippen LogP contribution in [0.2, 0.25) is 0 Å². The number of ether oxygens (including phenoxy) is 1. The quantitative estimate of drug-likeness (QED) is 0.825. The van der Waals surface area contributed by atoms with Gasteiger partial charge in [0.1, 0.15) is 11.6 Å². The van der Waals surface area contributed by atoms with Gasteiger partial charge in [-0.25, -0.2) is 4.98 Å². The maximum atomic E-state index is 5.46. The van der Waals surface area contributed by atoms with Gasteiger partial charge in [-0.15, -0.1) is 10.2 Å². The first-order chi connectivity index (χ1) is 8.74. The smallest absolute Gasteiger partial charge is 0.164 e. The fraction of sp³-hybridized carbons (Fsp3) is 0.583. The summed E-state index contributed by atoms with van der Waals surface area (Å²) in [5.74, 6) is 1.87. The third-order valence-electron chi connectivity index (χ3n) is 3.18. The molecule has 0 aromatic carbocycles. The van der Waals surface area contributed by atoms with Crippen LogP contribution in [0.5, 0.6) is 0 Å². The van der Waals surface area contributed by atoms with Gasteiger partial charge in [0.15, 0.2) is 5.65 Å². The maximum Gasteiger partial charge on any atom is 0.164 e. The fourth-order valence-electron chi connectivity index (χ4n) is 2.40. The van der Waals surface area contributed by atoms with Gasteiger partial charge in [0.25, 0.3) is 0 Å². The molecule has 6 heteroatoms. The molecule has 3 rings (SSSR count). The van der Waals surface area contributed by atoms with Crippen LogP contribution in [0.3, 0.4) is 0 Å². The van der Waals surface area contributed by atoms with Crippen LogP contribution in [0.1, 0.15) is 17.3 Å². The normalized spacial score (nSPS) is 20.4. The van der Waals surface area contributed by atoms with Gasteiger partial charge < -0.3 is 10.1 Å². The molecule has 1 saturated heterocycles. The third-order valence-corrected chi connectivity index (χ3v) is 3.18. The van der Waals surface area contributed by atoms with Crippen LogP contribution in [-0.2, 0) is 11.2 Å². The second kappa shape index (κ2) is 4.62. The zero-order valence-corrected chi connectivity index (χ0v) is 10.7. The molecule has 0 radical (unpaired) electrons. The lowest BCUT2D eigenvalue weighted by molar-refractivity contribution is 0.0763. The molecule has 6 nitrogen and oxygen atoms in total. The first-order valence-corrected chi connectivity index (χ1v) is 6.23. The molecule has 0 spiro atoms. The minimum absolute atomic E-state index is 0.312. The van der Waals surface area contributed by atoms with Crippen molar-refractivity contribution >= 4 is 5.65 Å². The number of hydrogen-bond donors (Lipinski definition) is 1. The zero-order valence-electron chi connectivity index (χ0n) is 10.7. The number of hydrogen-bond acceptors (Lipinski definition) is 5. The minimum Gasteiger partial charge on any atom is -0.379 e. The summed E-state index contributed by atoms with van der Waals surface area (Å²) in [7, 11) is 0. The SMILES string of the molecule is Cc1cc2nnc(CC3COCCN3)n2c(C)n1. The molecule has 1 N–H and O–H groups in total. The van der Waals surface area contributed by atoms with Gasteiger partial charge in [0.2, 0.25) is 0 Å². The Balaban J connectivity index is 1.92. The average Bonchev–Trinajstić information content (AvgIpc) is 2.73. The third kappa shape index (κ3) is 2.09. The van der Waals surface area contributed by atoms with Gasteiger partial charge in [-0.1, -0.05) is 0 Å². The highest BCUT2D eigenvalue weighted by Gasteiger charge is 2.17. The lowest BCUT2D eigenvalue weighted by Gasteiger charge is -2.23. The second-order valence-corrected chi connectivity index (χ2v) is 4.68. The van der Waals surface area contributed by atoms with Crippen LogP contribution in [0, 0.1) is 13.8 Å².